The largest absolute Gasteiger partial charge is 0.436 e. The van der Waals surface area contributed by atoms with Crippen molar-refractivity contribution >= 4 is 0 Å². The van der Waals surface area contributed by atoms with E-state index in [0.29, 0.717) is 11.8 Å². The van der Waals surface area contributed by atoms with Crippen molar-refractivity contribution in [3.05, 3.63) is 84.2 Å². The number of benzene rings is 1. The first kappa shape index (κ1) is 17.7. The van der Waals surface area contributed by atoms with E-state index in [1.807, 2.05) is 19.1 Å². The van der Waals surface area contributed by atoms with Gasteiger partial charge >= 0.3 is 0 Å². The molecule has 5 nitrogen and oxygen atoms in total. The van der Waals surface area contributed by atoms with Crippen molar-refractivity contribution in [3.63, 3.8) is 0 Å². The van der Waals surface area contributed by atoms with Crippen LogP contribution in [0.25, 0.3) is 11.4 Å². The highest BCUT2D eigenvalue weighted by Gasteiger charge is 2.15. The first-order valence-corrected chi connectivity index (χ1v) is 8.47. The van der Waals surface area contributed by atoms with Crippen LogP contribution in [-0.2, 0) is 0 Å². The molecule has 0 amide bonds. The van der Waals surface area contributed by atoms with Crippen LogP contribution >= 0.6 is 0 Å². The number of nitrogens with zero attached hydrogens (tertiary/aromatic N) is 2. The number of pyridine rings is 2. The standard InChI is InChI=1S/C21H15F2N3O2/c1-13-8-9-17(25-13)16-5-4-7-21(26-16)28-19-12-18(14(22)11-15(19)23)27-20-6-2-3-10-24-20/h2-12,25H,1H3. The first-order chi connectivity index (χ1) is 13.6. The lowest BCUT2D eigenvalue weighted by atomic mass is 10.2. The number of aryl methyl sites for hydroxylation is 1. The van der Waals surface area contributed by atoms with Crippen LogP contribution in [0.4, 0.5) is 8.78 Å². The van der Waals surface area contributed by atoms with Gasteiger partial charge in [-0.2, -0.15) is 0 Å². The van der Waals surface area contributed by atoms with Crippen LogP contribution in [0.1, 0.15) is 5.69 Å². The summed E-state index contributed by atoms with van der Waals surface area (Å²) in [5.41, 5.74) is 2.43. The number of halogens is 2. The summed E-state index contributed by atoms with van der Waals surface area (Å²) in [6, 6.07) is 15.7. The lowest BCUT2D eigenvalue weighted by Gasteiger charge is -2.10. The fourth-order valence-electron chi connectivity index (χ4n) is 2.57. The fraction of sp³-hybridized carbons (Fsp3) is 0.0476. The van der Waals surface area contributed by atoms with E-state index in [1.54, 1.807) is 36.4 Å². The summed E-state index contributed by atoms with van der Waals surface area (Å²) in [5, 5.41) is 0. The Hall–Kier alpha value is -3.74. The third-order valence-electron chi connectivity index (χ3n) is 3.88. The molecular weight excluding hydrogens is 364 g/mol. The van der Waals surface area contributed by atoms with E-state index < -0.39 is 11.6 Å². The molecular formula is C21H15F2N3O2. The molecule has 0 radical (unpaired) electrons. The topological polar surface area (TPSA) is 60.0 Å². The van der Waals surface area contributed by atoms with E-state index in [0.717, 1.165) is 17.5 Å². The molecule has 4 aromatic rings. The van der Waals surface area contributed by atoms with E-state index in [-0.39, 0.29) is 23.3 Å². The van der Waals surface area contributed by atoms with E-state index >= 15 is 0 Å². The van der Waals surface area contributed by atoms with Gasteiger partial charge in [-0.3, -0.25) is 0 Å². The summed E-state index contributed by atoms with van der Waals surface area (Å²) >= 11 is 0. The Morgan fingerprint density at radius 1 is 0.821 bits per heavy atom. The monoisotopic (exact) mass is 379 g/mol. The zero-order chi connectivity index (χ0) is 19.5. The van der Waals surface area contributed by atoms with E-state index in [4.69, 9.17) is 9.47 Å². The quantitative estimate of drug-likeness (QED) is 0.487. The maximum absolute atomic E-state index is 14.2. The number of aromatic nitrogens is 3. The van der Waals surface area contributed by atoms with Gasteiger partial charge in [0.2, 0.25) is 11.8 Å². The van der Waals surface area contributed by atoms with Gasteiger partial charge in [0.05, 0.1) is 11.4 Å². The van der Waals surface area contributed by atoms with E-state index in [2.05, 4.69) is 15.0 Å². The van der Waals surface area contributed by atoms with Crippen LogP contribution in [0, 0.1) is 18.6 Å². The van der Waals surface area contributed by atoms with Gasteiger partial charge in [-0.25, -0.2) is 18.7 Å². The maximum Gasteiger partial charge on any atom is 0.219 e. The minimum absolute atomic E-state index is 0.166. The Kier molecular flexibility index (Phi) is 4.72. The second kappa shape index (κ2) is 7.48. The molecule has 0 saturated carbocycles. The van der Waals surface area contributed by atoms with Gasteiger partial charge in [-0.05, 0) is 31.2 Å². The van der Waals surface area contributed by atoms with Crippen molar-refractivity contribution in [2.75, 3.05) is 0 Å². The lowest BCUT2D eigenvalue weighted by molar-refractivity contribution is 0.396. The number of hydrogen-bond donors (Lipinski definition) is 1. The van der Waals surface area contributed by atoms with Crippen molar-refractivity contribution in [3.8, 4) is 34.6 Å². The predicted octanol–water partition coefficient (Wildman–Crippen LogP) is 5.64. The Bertz CT molecular complexity index is 1110. The molecule has 7 heteroatoms. The third-order valence-corrected chi connectivity index (χ3v) is 3.88. The normalized spacial score (nSPS) is 10.7. The Balaban J connectivity index is 1.62. The van der Waals surface area contributed by atoms with Crippen LogP contribution < -0.4 is 9.47 Å². The second-order valence-electron chi connectivity index (χ2n) is 6.00. The molecule has 0 atom stereocenters. The smallest absolute Gasteiger partial charge is 0.219 e. The van der Waals surface area contributed by atoms with Gasteiger partial charge in [-0.15, -0.1) is 0 Å². The predicted molar refractivity (Wildman–Crippen MR) is 99.5 cm³/mol. The SMILES string of the molecule is Cc1ccc(-c2cccc(Oc3cc(Oc4ccccn4)c(F)cc3F)n2)[nH]1. The molecule has 3 heterocycles. The minimum atomic E-state index is -0.867. The van der Waals surface area contributed by atoms with Crippen molar-refractivity contribution in [1.82, 2.24) is 15.0 Å². The van der Waals surface area contributed by atoms with Gasteiger partial charge in [0.25, 0.3) is 0 Å². The number of ether oxygens (including phenoxy) is 2. The third kappa shape index (κ3) is 3.83. The molecule has 0 aliphatic rings. The fourth-order valence-corrected chi connectivity index (χ4v) is 2.57. The Morgan fingerprint density at radius 2 is 1.57 bits per heavy atom. The molecule has 1 aromatic carbocycles. The molecule has 0 spiro atoms. The van der Waals surface area contributed by atoms with Crippen molar-refractivity contribution in [2.45, 2.75) is 6.92 Å². The number of rotatable bonds is 5. The molecule has 0 bridgehead atoms. The lowest BCUT2D eigenvalue weighted by Crippen LogP contribution is -1.96. The van der Waals surface area contributed by atoms with Crippen molar-refractivity contribution in [2.24, 2.45) is 0 Å². The van der Waals surface area contributed by atoms with Crippen LogP contribution in [0.2, 0.25) is 0 Å². The summed E-state index contributed by atoms with van der Waals surface area (Å²) < 4.78 is 39.2. The maximum atomic E-state index is 14.2. The molecule has 0 fully saturated rings. The van der Waals surface area contributed by atoms with Gasteiger partial charge in [0.15, 0.2) is 23.1 Å². The summed E-state index contributed by atoms with van der Waals surface area (Å²) in [5.74, 6) is -1.79. The molecule has 4 rings (SSSR count). The van der Waals surface area contributed by atoms with Crippen molar-refractivity contribution < 1.29 is 18.3 Å². The van der Waals surface area contributed by atoms with Crippen LogP contribution in [0.3, 0.4) is 0 Å². The molecule has 0 saturated heterocycles. The summed E-state index contributed by atoms with van der Waals surface area (Å²) in [7, 11) is 0. The van der Waals surface area contributed by atoms with Gasteiger partial charge in [-0.1, -0.05) is 12.1 Å². The Labute approximate surface area is 159 Å². The molecule has 0 aliphatic heterocycles. The highest BCUT2D eigenvalue weighted by Crippen LogP contribution is 2.32. The Morgan fingerprint density at radius 3 is 2.25 bits per heavy atom. The zero-order valence-electron chi connectivity index (χ0n) is 14.8. The van der Waals surface area contributed by atoms with Crippen molar-refractivity contribution in [1.29, 1.82) is 0 Å². The summed E-state index contributed by atoms with van der Waals surface area (Å²) in [6.45, 7) is 1.93. The molecule has 3 aromatic heterocycles. The molecule has 1 N–H and O–H groups in total. The zero-order valence-corrected chi connectivity index (χ0v) is 14.8. The second-order valence-corrected chi connectivity index (χ2v) is 6.00. The summed E-state index contributed by atoms with van der Waals surface area (Å²) in [4.78, 5) is 11.5. The van der Waals surface area contributed by atoms with Crippen LogP contribution in [-0.4, -0.2) is 15.0 Å². The average molecular weight is 379 g/mol. The van der Waals surface area contributed by atoms with Gasteiger partial charge < -0.3 is 14.5 Å². The number of aromatic amines is 1. The van der Waals surface area contributed by atoms with E-state index in [1.165, 1.54) is 6.20 Å². The van der Waals surface area contributed by atoms with Crippen LogP contribution in [0.5, 0.6) is 23.3 Å². The average Bonchev–Trinajstić information content (AvgIpc) is 3.13. The van der Waals surface area contributed by atoms with Gasteiger partial charge in [0, 0.05) is 36.2 Å². The van der Waals surface area contributed by atoms with E-state index in [9.17, 15) is 8.78 Å². The highest BCUT2D eigenvalue weighted by atomic mass is 19.1. The number of hydrogen-bond acceptors (Lipinski definition) is 4. The first-order valence-electron chi connectivity index (χ1n) is 8.47. The molecule has 0 aliphatic carbocycles. The highest BCUT2D eigenvalue weighted by molar-refractivity contribution is 5.56. The van der Waals surface area contributed by atoms with Gasteiger partial charge in [0.1, 0.15) is 0 Å². The minimum Gasteiger partial charge on any atom is -0.436 e. The molecule has 0 unspecified atom stereocenters. The number of H-pyrrole nitrogens is 1. The summed E-state index contributed by atoms with van der Waals surface area (Å²) in [6.07, 6.45) is 1.51. The molecule has 28 heavy (non-hydrogen) atoms. The number of nitrogens with one attached hydrogen (secondary N) is 1. The molecule has 140 valence electrons. The van der Waals surface area contributed by atoms with Crippen LogP contribution in [0.15, 0.2) is 66.9 Å².